The first-order chi connectivity index (χ1) is 15.2. The van der Waals surface area contributed by atoms with Crippen LogP contribution in [0.3, 0.4) is 0 Å². The van der Waals surface area contributed by atoms with Crippen molar-refractivity contribution in [3.63, 3.8) is 0 Å². The Morgan fingerprint density at radius 2 is 1.74 bits per heavy atom. The molecule has 8 nitrogen and oxygen atoms in total. The summed E-state index contributed by atoms with van der Waals surface area (Å²) in [5.41, 5.74) is 1.65. The molecule has 2 aromatic rings. The minimum Gasteiger partial charge on any atom is -0.410 e. The van der Waals surface area contributed by atoms with E-state index in [1.54, 1.807) is 47.8 Å². The molecule has 1 aliphatic carbocycles. The highest BCUT2D eigenvalue weighted by Crippen LogP contribution is 2.25. The van der Waals surface area contributed by atoms with E-state index in [9.17, 15) is 9.59 Å². The number of rotatable bonds is 5. The zero-order valence-corrected chi connectivity index (χ0v) is 17.7. The minimum absolute atomic E-state index is 0.0869. The molecule has 1 aromatic heterocycles. The SMILES string of the molecule is O=C(Nc1ccc(OC(=O)N2CCN(Cc3cnccn3)CC2)cc1)C1CCCCC1. The molecule has 0 bridgehead atoms. The van der Waals surface area contributed by atoms with Crippen LogP contribution in [0.15, 0.2) is 42.9 Å². The predicted octanol–water partition coefficient (Wildman–Crippen LogP) is 3.31. The Balaban J connectivity index is 1.22. The summed E-state index contributed by atoms with van der Waals surface area (Å²) in [5, 5.41) is 2.98. The lowest BCUT2D eigenvalue weighted by Gasteiger charge is -2.33. The van der Waals surface area contributed by atoms with Gasteiger partial charge in [-0.25, -0.2) is 4.79 Å². The predicted molar refractivity (Wildman–Crippen MR) is 117 cm³/mol. The molecule has 0 unspecified atom stereocenters. The number of hydrogen-bond donors (Lipinski definition) is 1. The number of amides is 2. The fraction of sp³-hybridized carbons (Fsp3) is 0.478. The van der Waals surface area contributed by atoms with Gasteiger partial charge in [0.2, 0.25) is 5.91 Å². The smallest absolute Gasteiger partial charge is 0.410 e. The number of aromatic nitrogens is 2. The molecule has 2 aliphatic rings. The van der Waals surface area contributed by atoms with Gasteiger partial charge >= 0.3 is 6.09 Å². The van der Waals surface area contributed by atoms with Crippen molar-refractivity contribution in [3.8, 4) is 5.75 Å². The van der Waals surface area contributed by atoms with Crippen molar-refractivity contribution < 1.29 is 14.3 Å². The Morgan fingerprint density at radius 3 is 2.42 bits per heavy atom. The fourth-order valence-electron chi connectivity index (χ4n) is 4.11. The maximum absolute atomic E-state index is 12.5. The van der Waals surface area contributed by atoms with E-state index in [1.165, 1.54) is 6.42 Å². The molecule has 0 spiro atoms. The molecule has 1 saturated heterocycles. The maximum atomic E-state index is 12.5. The number of nitrogens with one attached hydrogen (secondary N) is 1. The summed E-state index contributed by atoms with van der Waals surface area (Å²) in [5.74, 6) is 0.672. The molecule has 4 rings (SSSR count). The van der Waals surface area contributed by atoms with Crippen LogP contribution in [0.4, 0.5) is 10.5 Å². The summed E-state index contributed by atoms with van der Waals surface area (Å²) in [6, 6.07) is 7.00. The van der Waals surface area contributed by atoms with Crippen molar-refractivity contribution in [1.29, 1.82) is 0 Å². The van der Waals surface area contributed by atoms with Crippen molar-refractivity contribution in [2.24, 2.45) is 5.92 Å². The van der Waals surface area contributed by atoms with Crippen LogP contribution >= 0.6 is 0 Å². The van der Waals surface area contributed by atoms with Gasteiger partial charge in [-0.1, -0.05) is 19.3 Å². The summed E-state index contributed by atoms with van der Waals surface area (Å²) in [7, 11) is 0. The van der Waals surface area contributed by atoms with Gasteiger partial charge < -0.3 is 15.0 Å². The zero-order valence-electron chi connectivity index (χ0n) is 17.7. The van der Waals surface area contributed by atoms with Crippen molar-refractivity contribution in [3.05, 3.63) is 48.5 Å². The lowest BCUT2D eigenvalue weighted by molar-refractivity contribution is -0.120. The van der Waals surface area contributed by atoms with Gasteiger partial charge in [0.05, 0.1) is 5.69 Å². The van der Waals surface area contributed by atoms with Gasteiger partial charge in [0, 0.05) is 62.9 Å². The molecule has 2 amide bonds. The Labute approximate surface area is 182 Å². The highest BCUT2D eigenvalue weighted by Gasteiger charge is 2.23. The Morgan fingerprint density at radius 1 is 1.00 bits per heavy atom. The number of hydrogen-bond acceptors (Lipinski definition) is 6. The molecule has 1 saturated carbocycles. The second-order valence-electron chi connectivity index (χ2n) is 8.18. The highest BCUT2D eigenvalue weighted by atomic mass is 16.6. The largest absolute Gasteiger partial charge is 0.415 e. The standard InChI is InChI=1S/C23H29N5O3/c29-22(18-4-2-1-3-5-18)26-19-6-8-21(9-7-19)31-23(30)28-14-12-27(13-15-28)17-20-16-24-10-11-25-20/h6-11,16,18H,1-5,12-15,17H2,(H,26,29). The Kier molecular flexibility index (Phi) is 7.09. The van der Waals surface area contributed by atoms with Crippen LogP contribution in [0.1, 0.15) is 37.8 Å². The second-order valence-corrected chi connectivity index (χ2v) is 8.18. The van der Waals surface area contributed by atoms with E-state index in [0.717, 1.165) is 56.7 Å². The zero-order chi connectivity index (χ0) is 21.5. The first kappa shape index (κ1) is 21.2. The summed E-state index contributed by atoms with van der Waals surface area (Å²) in [6.07, 6.45) is 10.2. The quantitative estimate of drug-likeness (QED) is 0.794. The van der Waals surface area contributed by atoms with Crippen molar-refractivity contribution >= 4 is 17.7 Å². The summed E-state index contributed by atoms with van der Waals surface area (Å²) >= 11 is 0. The maximum Gasteiger partial charge on any atom is 0.415 e. The number of carbonyl (C=O) groups excluding carboxylic acids is 2. The van der Waals surface area contributed by atoms with Crippen molar-refractivity contribution in [1.82, 2.24) is 19.8 Å². The van der Waals surface area contributed by atoms with E-state index >= 15 is 0 Å². The van der Waals surface area contributed by atoms with E-state index in [-0.39, 0.29) is 17.9 Å². The van der Waals surface area contributed by atoms with Crippen molar-refractivity contribution in [2.75, 3.05) is 31.5 Å². The van der Waals surface area contributed by atoms with Gasteiger partial charge in [-0.2, -0.15) is 0 Å². The van der Waals surface area contributed by atoms with Crippen molar-refractivity contribution in [2.45, 2.75) is 38.6 Å². The number of piperazine rings is 1. The van der Waals surface area contributed by atoms with Crippen LogP contribution in [-0.2, 0) is 11.3 Å². The van der Waals surface area contributed by atoms with E-state index in [1.807, 2.05) is 0 Å². The highest BCUT2D eigenvalue weighted by molar-refractivity contribution is 5.92. The normalized spacial score (nSPS) is 17.9. The Hall–Kier alpha value is -3.00. The average Bonchev–Trinajstić information content (AvgIpc) is 2.82. The third kappa shape index (κ3) is 6.01. The first-order valence-electron chi connectivity index (χ1n) is 11.0. The molecule has 0 radical (unpaired) electrons. The molecule has 1 N–H and O–H groups in total. The first-order valence-corrected chi connectivity index (χ1v) is 11.0. The second kappa shape index (κ2) is 10.3. The van der Waals surface area contributed by atoms with Gasteiger partial charge in [-0.15, -0.1) is 0 Å². The molecule has 1 aromatic carbocycles. The van der Waals surface area contributed by atoms with E-state index in [0.29, 0.717) is 18.8 Å². The van der Waals surface area contributed by atoms with Crippen LogP contribution in [-0.4, -0.2) is 57.9 Å². The molecular formula is C23H29N5O3. The Bertz CT molecular complexity index is 861. The summed E-state index contributed by atoms with van der Waals surface area (Å²) in [6.45, 7) is 3.46. The van der Waals surface area contributed by atoms with Crippen LogP contribution in [0, 0.1) is 5.92 Å². The number of nitrogens with zero attached hydrogens (tertiary/aromatic N) is 4. The van der Waals surface area contributed by atoms with Gasteiger partial charge in [0.1, 0.15) is 5.75 Å². The van der Waals surface area contributed by atoms with E-state index in [2.05, 4.69) is 20.2 Å². The minimum atomic E-state index is -0.349. The molecule has 8 heteroatoms. The molecule has 164 valence electrons. The number of anilines is 1. The third-order valence-electron chi connectivity index (χ3n) is 5.94. The molecule has 2 heterocycles. The lowest BCUT2D eigenvalue weighted by atomic mass is 9.88. The number of carbonyl (C=O) groups is 2. The van der Waals surface area contributed by atoms with Crippen LogP contribution < -0.4 is 10.1 Å². The fourth-order valence-corrected chi connectivity index (χ4v) is 4.11. The number of ether oxygens (including phenoxy) is 1. The molecule has 31 heavy (non-hydrogen) atoms. The molecular weight excluding hydrogens is 394 g/mol. The van der Waals surface area contributed by atoms with Crippen LogP contribution in [0.5, 0.6) is 5.75 Å². The molecule has 1 aliphatic heterocycles. The monoisotopic (exact) mass is 423 g/mol. The van der Waals surface area contributed by atoms with E-state index in [4.69, 9.17) is 4.74 Å². The third-order valence-corrected chi connectivity index (χ3v) is 5.94. The average molecular weight is 424 g/mol. The van der Waals surface area contributed by atoms with Gasteiger partial charge in [0.25, 0.3) is 0 Å². The van der Waals surface area contributed by atoms with Gasteiger partial charge in [0.15, 0.2) is 0 Å². The van der Waals surface area contributed by atoms with E-state index < -0.39 is 0 Å². The number of benzene rings is 1. The summed E-state index contributed by atoms with van der Waals surface area (Å²) < 4.78 is 5.52. The molecule has 0 atom stereocenters. The lowest BCUT2D eigenvalue weighted by Crippen LogP contribution is -2.49. The van der Waals surface area contributed by atoms with Gasteiger partial charge in [-0.05, 0) is 37.1 Å². The molecule has 2 fully saturated rings. The topological polar surface area (TPSA) is 87.7 Å². The van der Waals surface area contributed by atoms with Crippen LogP contribution in [0.25, 0.3) is 0 Å². The van der Waals surface area contributed by atoms with Crippen LogP contribution in [0.2, 0.25) is 0 Å². The summed E-state index contributed by atoms with van der Waals surface area (Å²) in [4.78, 5) is 37.2. The van der Waals surface area contributed by atoms with Gasteiger partial charge in [-0.3, -0.25) is 19.7 Å².